The van der Waals surface area contributed by atoms with E-state index in [4.69, 9.17) is 77.2 Å². The SMILES string of the molecule is O=S(=O)(Cl)c1cccc(CC[Si](Cl)(Cl)Cl)c1CC[Si](Cl)(Cl)Cl. The van der Waals surface area contributed by atoms with Crippen molar-refractivity contribution in [2.24, 2.45) is 0 Å². The van der Waals surface area contributed by atoms with E-state index in [-0.39, 0.29) is 10.9 Å². The largest absolute Gasteiger partial charge is 0.341 e. The average Bonchev–Trinajstić information content (AvgIpc) is 2.30. The zero-order valence-corrected chi connectivity index (χ0v) is 19.0. The summed E-state index contributed by atoms with van der Waals surface area (Å²) in [6.45, 7) is 0. The Kier molecular flexibility index (Phi) is 8.22. The molecule has 1 rings (SSSR count). The molecule has 2 nitrogen and oxygen atoms in total. The van der Waals surface area contributed by atoms with Gasteiger partial charge >= 0.3 is 12.0 Å². The minimum atomic E-state index is -3.91. The van der Waals surface area contributed by atoms with Crippen molar-refractivity contribution < 1.29 is 8.42 Å². The molecule has 0 bridgehead atoms. The molecule has 126 valence electrons. The highest BCUT2D eigenvalue weighted by atomic mass is 35.8. The predicted molar refractivity (Wildman–Crippen MR) is 103 cm³/mol. The van der Waals surface area contributed by atoms with E-state index in [2.05, 4.69) is 0 Å². The molecule has 0 saturated carbocycles. The van der Waals surface area contributed by atoms with Crippen molar-refractivity contribution in [1.82, 2.24) is 0 Å². The molecule has 22 heavy (non-hydrogen) atoms. The molecular formula is C10H11Cl7O2SSi2. The van der Waals surface area contributed by atoms with Gasteiger partial charge in [0.25, 0.3) is 9.05 Å². The molecule has 0 radical (unpaired) electrons. The van der Waals surface area contributed by atoms with Crippen LogP contribution in [0.25, 0.3) is 0 Å². The molecule has 0 atom stereocenters. The minimum Gasteiger partial charge on any atom is -0.207 e. The van der Waals surface area contributed by atoms with Crippen LogP contribution < -0.4 is 0 Å². The summed E-state index contributed by atoms with van der Waals surface area (Å²) in [5, 5.41) is 0. The van der Waals surface area contributed by atoms with Gasteiger partial charge in [-0.2, -0.15) is 0 Å². The Labute approximate surface area is 164 Å². The second-order valence-electron chi connectivity index (χ2n) is 4.56. The van der Waals surface area contributed by atoms with Crippen LogP contribution in [0.1, 0.15) is 11.1 Å². The third-order valence-corrected chi connectivity index (χ3v) is 9.27. The van der Waals surface area contributed by atoms with Crippen LogP contribution in [0.3, 0.4) is 0 Å². The number of benzene rings is 1. The summed E-state index contributed by atoms with van der Waals surface area (Å²) < 4.78 is 23.5. The monoisotopic (exact) mass is 496 g/mol. The van der Waals surface area contributed by atoms with Crippen molar-refractivity contribution in [1.29, 1.82) is 0 Å². The molecule has 0 amide bonds. The molecule has 0 aliphatic heterocycles. The highest BCUT2D eigenvalue weighted by Crippen LogP contribution is 2.33. The van der Waals surface area contributed by atoms with Gasteiger partial charge in [-0.1, -0.05) is 12.1 Å². The summed E-state index contributed by atoms with van der Waals surface area (Å²) in [5.74, 6) is 0. The van der Waals surface area contributed by atoms with Crippen molar-refractivity contribution in [2.75, 3.05) is 0 Å². The zero-order chi connectivity index (χ0) is 17.2. The van der Waals surface area contributed by atoms with E-state index in [0.717, 1.165) is 5.56 Å². The number of hydrogen-bond donors (Lipinski definition) is 0. The lowest BCUT2D eigenvalue weighted by Gasteiger charge is -2.16. The van der Waals surface area contributed by atoms with Crippen LogP contribution in [0.5, 0.6) is 0 Å². The lowest BCUT2D eigenvalue weighted by molar-refractivity contribution is 0.608. The zero-order valence-electron chi connectivity index (χ0n) is 10.9. The van der Waals surface area contributed by atoms with Gasteiger partial charge in [0.1, 0.15) is 0 Å². The molecule has 0 aromatic heterocycles. The maximum Gasteiger partial charge on any atom is 0.341 e. The molecule has 0 heterocycles. The van der Waals surface area contributed by atoms with E-state index in [1.807, 2.05) is 0 Å². The number of halogens is 7. The van der Waals surface area contributed by atoms with Crippen molar-refractivity contribution >= 4 is 98.2 Å². The van der Waals surface area contributed by atoms with E-state index in [1.54, 1.807) is 12.1 Å². The van der Waals surface area contributed by atoms with Gasteiger partial charge in [0.2, 0.25) is 0 Å². The molecule has 0 saturated heterocycles. The Hall–Kier alpha value is 1.63. The topological polar surface area (TPSA) is 34.1 Å². The normalized spacial score (nSPS) is 13.4. The molecule has 0 aliphatic carbocycles. The third-order valence-electron chi connectivity index (χ3n) is 2.83. The van der Waals surface area contributed by atoms with Crippen LogP contribution in [0.15, 0.2) is 23.1 Å². The lowest BCUT2D eigenvalue weighted by atomic mass is 10.0. The molecule has 12 heteroatoms. The maximum absolute atomic E-state index is 11.7. The van der Waals surface area contributed by atoms with Gasteiger partial charge in [-0.3, -0.25) is 0 Å². The standard InChI is InChI=1S/C10H11Cl7O2SSi2/c11-20(18,19)10-3-1-2-8(4-6-21(12,13)14)9(10)5-7-22(15,16)17/h1-3H,4-7H2. The smallest absolute Gasteiger partial charge is 0.207 e. The van der Waals surface area contributed by atoms with Gasteiger partial charge in [-0.25, -0.2) is 8.42 Å². The average molecular weight is 500 g/mol. The van der Waals surface area contributed by atoms with Gasteiger partial charge in [0.05, 0.1) is 4.90 Å². The van der Waals surface area contributed by atoms with Gasteiger partial charge < -0.3 is 0 Å². The highest BCUT2D eigenvalue weighted by Gasteiger charge is 2.29. The Morgan fingerprint density at radius 1 is 0.864 bits per heavy atom. The fraction of sp³-hybridized carbons (Fsp3) is 0.400. The molecule has 0 aliphatic rings. The van der Waals surface area contributed by atoms with Crippen molar-refractivity contribution in [3.8, 4) is 0 Å². The van der Waals surface area contributed by atoms with E-state index in [9.17, 15) is 8.42 Å². The van der Waals surface area contributed by atoms with E-state index in [1.165, 1.54) is 6.07 Å². The van der Waals surface area contributed by atoms with Crippen molar-refractivity contribution in [2.45, 2.75) is 29.8 Å². The maximum atomic E-state index is 11.7. The molecular weight excluding hydrogens is 489 g/mol. The summed E-state index contributed by atoms with van der Waals surface area (Å²) in [4.78, 5) is 0.0147. The van der Waals surface area contributed by atoms with Crippen LogP contribution in [0.2, 0.25) is 12.1 Å². The summed E-state index contributed by atoms with van der Waals surface area (Å²) in [7, 11) is 1.58. The number of rotatable bonds is 7. The molecule has 1 aromatic carbocycles. The first-order valence-corrected chi connectivity index (χ1v) is 18.8. The van der Waals surface area contributed by atoms with Gasteiger partial charge in [0, 0.05) is 10.7 Å². The van der Waals surface area contributed by atoms with Crippen LogP contribution in [0, 0.1) is 0 Å². The Balaban J connectivity index is 3.20. The Morgan fingerprint density at radius 3 is 1.82 bits per heavy atom. The van der Waals surface area contributed by atoms with Gasteiger partial charge in [-0.15, -0.1) is 66.5 Å². The van der Waals surface area contributed by atoms with Crippen LogP contribution in [0.4, 0.5) is 0 Å². The summed E-state index contributed by atoms with van der Waals surface area (Å²) >= 11 is 35.3. The summed E-state index contributed by atoms with van der Waals surface area (Å²) in [6.07, 6.45) is 0.724. The van der Waals surface area contributed by atoms with Crippen LogP contribution in [-0.2, 0) is 21.9 Å². The van der Waals surface area contributed by atoms with Crippen LogP contribution in [-0.4, -0.2) is 20.4 Å². The number of aryl methyl sites for hydroxylation is 1. The summed E-state index contributed by atoms with van der Waals surface area (Å²) in [6, 6.07) is -0.285. The minimum absolute atomic E-state index is 0.0147. The van der Waals surface area contributed by atoms with Gasteiger partial charge in [-0.05, 0) is 42.1 Å². The van der Waals surface area contributed by atoms with Crippen molar-refractivity contribution in [3.63, 3.8) is 0 Å². The molecule has 0 spiro atoms. The molecule has 0 fully saturated rings. The molecule has 0 unspecified atom stereocenters. The molecule has 1 aromatic rings. The first kappa shape index (κ1) is 21.7. The van der Waals surface area contributed by atoms with Gasteiger partial charge in [0.15, 0.2) is 0 Å². The molecule has 0 N–H and O–H groups in total. The second-order valence-corrected chi connectivity index (χ2v) is 25.7. The fourth-order valence-electron chi connectivity index (χ4n) is 1.90. The number of hydrogen-bond acceptors (Lipinski definition) is 2. The van der Waals surface area contributed by atoms with E-state index < -0.39 is 21.1 Å². The summed E-state index contributed by atoms with van der Waals surface area (Å²) in [5.41, 5.74) is 1.27. The Morgan fingerprint density at radius 2 is 1.36 bits per heavy atom. The van der Waals surface area contributed by atoms with Crippen molar-refractivity contribution in [3.05, 3.63) is 29.3 Å². The highest BCUT2D eigenvalue weighted by molar-refractivity contribution is 8.13. The third kappa shape index (κ3) is 8.14. The Bertz CT molecular complexity index is 625. The van der Waals surface area contributed by atoms with E-state index in [0.29, 0.717) is 24.4 Å². The van der Waals surface area contributed by atoms with Crippen LogP contribution >= 0.6 is 77.2 Å². The predicted octanol–water partition coefficient (Wildman–Crippen LogP) is 6.01. The second kappa shape index (κ2) is 8.34. The lowest BCUT2D eigenvalue weighted by Crippen LogP contribution is -2.14. The first-order valence-electron chi connectivity index (χ1n) is 5.98. The first-order chi connectivity index (χ1) is 9.80. The van der Waals surface area contributed by atoms with E-state index >= 15 is 0 Å². The fourth-order valence-corrected chi connectivity index (χ4v) is 5.89. The quantitative estimate of drug-likeness (QED) is 0.262.